The van der Waals surface area contributed by atoms with E-state index < -0.39 is 38.5 Å². The zero-order chi connectivity index (χ0) is 18.6. The van der Waals surface area contributed by atoms with Crippen molar-refractivity contribution < 1.29 is 26.0 Å². The second-order valence-corrected chi connectivity index (χ2v) is 8.01. The van der Waals surface area contributed by atoms with Gasteiger partial charge in [-0.2, -0.15) is 22.8 Å². The molecule has 12 heteroatoms. The van der Waals surface area contributed by atoms with Gasteiger partial charge in [-0.25, -0.2) is 12.8 Å². The van der Waals surface area contributed by atoms with Crippen LogP contribution in [0.5, 0.6) is 0 Å². The van der Waals surface area contributed by atoms with Gasteiger partial charge in [-0.3, -0.25) is 0 Å². The molecule has 1 saturated carbocycles. The van der Waals surface area contributed by atoms with E-state index >= 15 is 0 Å². The Morgan fingerprint density at radius 1 is 1.32 bits per heavy atom. The molecule has 0 spiro atoms. The van der Waals surface area contributed by atoms with Crippen LogP contribution >= 0.6 is 10.7 Å². The maximum absolute atomic E-state index is 14.5. The zero-order valence-corrected chi connectivity index (χ0v) is 14.2. The molecule has 136 valence electrons. The fraction of sp³-hybridized carbons (Fsp3) is 0.385. The van der Waals surface area contributed by atoms with Crippen LogP contribution in [0.3, 0.4) is 0 Å². The van der Waals surface area contributed by atoms with Gasteiger partial charge in [0.25, 0.3) is 14.9 Å². The van der Waals surface area contributed by atoms with Crippen LogP contribution in [0.15, 0.2) is 17.0 Å². The number of anilines is 1. The van der Waals surface area contributed by atoms with E-state index in [2.05, 4.69) is 15.4 Å². The first-order valence-electron chi connectivity index (χ1n) is 7.03. The number of benzene rings is 1. The second kappa shape index (κ2) is 5.84. The van der Waals surface area contributed by atoms with E-state index in [9.17, 15) is 26.0 Å². The monoisotopic (exact) mass is 398 g/mol. The summed E-state index contributed by atoms with van der Waals surface area (Å²) < 4.78 is 77.0. The molecular weight excluding hydrogens is 388 g/mol. The van der Waals surface area contributed by atoms with E-state index in [0.29, 0.717) is 17.5 Å². The Balaban J connectivity index is 2.23. The Morgan fingerprint density at radius 2 is 1.96 bits per heavy atom. The molecular formula is C13H11ClF4N4O2S. The molecule has 1 fully saturated rings. The van der Waals surface area contributed by atoms with Crippen molar-refractivity contribution >= 4 is 25.7 Å². The van der Waals surface area contributed by atoms with Crippen molar-refractivity contribution in [1.82, 2.24) is 14.8 Å². The second-order valence-electron chi connectivity index (χ2n) is 5.47. The average Bonchev–Trinajstić information content (AvgIpc) is 3.23. The van der Waals surface area contributed by atoms with Gasteiger partial charge in [0.15, 0.2) is 0 Å². The number of hydrogen-bond donors (Lipinski definition) is 1. The summed E-state index contributed by atoms with van der Waals surface area (Å²) in [6, 6.07) is 1.84. The molecule has 25 heavy (non-hydrogen) atoms. The van der Waals surface area contributed by atoms with Crippen LogP contribution in [0.4, 0.5) is 23.5 Å². The van der Waals surface area contributed by atoms with E-state index in [4.69, 9.17) is 10.7 Å². The van der Waals surface area contributed by atoms with Crippen molar-refractivity contribution in [3.63, 3.8) is 0 Å². The van der Waals surface area contributed by atoms with Gasteiger partial charge in [0.2, 0.25) is 5.95 Å². The number of rotatable bonds is 4. The van der Waals surface area contributed by atoms with Crippen molar-refractivity contribution in [2.24, 2.45) is 0 Å². The SMILES string of the molecule is CNc1nc(C(F)(F)F)nn1-c1cc(S(=O)(=O)Cl)c(C2CC2)cc1F. The van der Waals surface area contributed by atoms with Crippen LogP contribution in [0, 0.1) is 5.82 Å². The topological polar surface area (TPSA) is 76.9 Å². The van der Waals surface area contributed by atoms with Crippen LogP contribution in [0.1, 0.15) is 30.1 Å². The van der Waals surface area contributed by atoms with E-state index in [-0.39, 0.29) is 16.4 Å². The van der Waals surface area contributed by atoms with Crippen LogP contribution < -0.4 is 5.32 Å². The van der Waals surface area contributed by atoms with E-state index in [1.807, 2.05) is 0 Å². The smallest absolute Gasteiger partial charge is 0.357 e. The van der Waals surface area contributed by atoms with Crippen molar-refractivity contribution in [2.45, 2.75) is 29.8 Å². The van der Waals surface area contributed by atoms with Gasteiger partial charge >= 0.3 is 6.18 Å². The first kappa shape index (κ1) is 17.9. The minimum Gasteiger partial charge on any atom is -0.357 e. The summed E-state index contributed by atoms with van der Waals surface area (Å²) in [4.78, 5) is 2.90. The van der Waals surface area contributed by atoms with E-state index in [0.717, 1.165) is 12.1 Å². The van der Waals surface area contributed by atoms with E-state index in [1.165, 1.54) is 7.05 Å². The molecule has 3 rings (SSSR count). The Kier molecular flexibility index (Phi) is 4.18. The Labute approximate surface area is 144 Å². The third-order valence-corrected chi connectivity index (χ3v) is 5.05. The van der Waals surface area contributed by atoms with Crippen molar-refractivity contribution in [3.8, 4) is 5.69 Å². The van der Waals surface area contributed by atoms with Gasteiger partial charge in [-0.05, 0) is 36.5 Å². The lowest BCUT2D eigenvalue weighted by Gasteiger charge is -2.11. The molecule has 0 saturated heterocycles. The summed E-state index contributed by atoms with van der Waals surface area (Å²) in [6.07, 6.45) is -3.48. The molecule has 0 amide bonds. The highest BCUT2D eigenvalue weighted by Crippen LogP contribution is 2.44. The van der Waals surface area contributed by atoms with Crippen LogP contribution in [0.2, 0.25) is 0 Å². The quantitative estimate of drug-likeness (QED) is 0.632. The molecule has 1 N–H and O–H groups in total. The third-order valence-electron chi connectivity index (χ3n) is 3.67. The lowest BCUT2D eigenvalue weighted by Crippen LogP contribution is -2.10. The van der Waals surface area contributed by atoms with Gasteiger partial charge in [0.1, 0.15) is 11.5 Å². The van der Waals surface area contributed by atoms with E-state index in [1.54, 1.807) is 0 Å². The van der Waals surface area contributed by atoms with Crippen molar-refractivity contribution in [1.29, 1.82) is 0 Å². The minimum atomic E-state index is -4.84. The molecule has 1 aliphatic rings. The van der Waals surface area contributed by atoms with Crippen molar-refractivity contribution in [2.75, 3.05) is 12.4 Å². The fourth-order valence-electron chi connectivity index (χ4n) is 2.41. The summed E-state index contributed by atoms with van der Waals surface area (Å²) in [5.41, 5.74) is -0.297. The highest BCUT2D eigenvalue weighted by molar-refractivity contribution is 8.13. The number of alkyl halides is 3. The molecule has 0 radical (unpaired) electrons. The Bertz CT molecular complexity index is 938. The first-order chi connectivity index (χ1) is 11.5. The van der Waals surface area contributed by atoms with Crippen LogP contribution in [0.25, 0.3) is 5.69 Å². The summed E-state index contributed by atoms with van der Waals surface area (Å²) >= 11 is 0. The molecule has 1 aromatic carbocycles. The predicted molar refractivity (Wildman–Crippen MR) is 80.9 cm³/mol. The summed E-state index contributed by atoms with van der Waals surface area (Å²) in [7, 11) is 2.46. The number of nitrogens with zero attached hydrogens (tertiary/aromatic N) is 3. The number of halogens is 5. The molecule has 6 nitrogen and oxygen atoms in total. The van der Waals surface area contributed by atoms with Gasteiger partial charge in [0.05, 0.1) is 4.90 Å². The third kappa shape index (κ3) is 3.43. The molecule has 1 heterocycles. The first-order valence-corrected chi connectivity index (χ1v) is 9.33. The molecule has 0 aliphatic heterocycles. The van der Waals surface area contributed by atoms with Crippen molar-refractivity contribution in [3.05, 3.63) is 29.3 Å². The zero-order valence-electron chi connectivity index (χ0n) is 12.6. The molecule has 2 aromatic rings. The minimum absolute atomic E-state index is 0.141. The fourth-order valence-corrected chi connectivity index (χ4v) is 3.57. The van der Waals surface area contributed by atoms with Gasteiger partial charge in [-0.15, -0.1) is 5.10 Å². The summed E-state index contributed by atoms with van der Waals surface area (Å²) in [5, 5.41) is 5.60. The predicted octanol–water partition coefficient (Wildman–Crippen LogP) is 3.27. The average molecular weight is 399 g/mol. The largest absolute Gasteiger partial charge is 0.453 e. The molecule has 1 aliphatic carbocycles. The molecule has 0 bridgehead atoms. The standard InChI is InChI=1S/C13H11ClF4N4O2S/c1-19-12-20-11(13(16,17)18)21-22(12)9-5-10(25(14,23)24)7(4-8(9)15)6-2-3-6/h4-6H,2-3H2,1H3,(H,19,20,21). The van der Waals surface area contributed by atoms with Gasteiger partial charge in [0, 0.05) is 17.7 Å². The Hall–Kier alpha value is -1.88. The lowest BCUT2D eigenvalue weighted by atomic mass is 10.1. The normalized spacial score (nSPS) is 15.4. The molecule has 0 unspecified atom stereocenters. The lowest BCUT2D eigenvalue weighted by molar-refractivity contribution is -0.144. The summed E-state index contributed by atoms with van der Waals surface area (Å²) in [5.74, 6) is -2.96. The number of nitrogens with one attached hydrogen (secondary N) is 1. The Morgan fingerprint density at radius 3 is 2.44 bits per heavy atom. The maximum atomic E-state index is 14.5. The van der Waals surface area contributed by atoms with Gasteiger partial charge < -0.3 is 5.32 Å². The maximum Gasteiger partial charge on any atom is 0.453 e. The summed E-state index contributed by atoms with van der Waals surface area (Å²) in [6.45, 7) is 0. The highest BCUT2D eigenvalue weighted by atomic mass is 35.7. The highest BCUT2D eigenvalue weighted by Gasteiger charge is 2.38. The molecule has 1 aromatic heterocycles. The number of aromatic nitrogens is 3. The van der Waals surface area contributed by atoms with Crippen LogP contribution in [-0.2, 0) is 15.2 Å². The molecule has 0 atom stereocenters. The van der Waals surface area contributed by atoms with Crippen LogP contribution in [-0.4, -0.2) is 30.2 Å². The van der Waals surface area contributed by atoms with Gasteiger partial charge in [-0.1, -0.05) is 0 Å². The number of hydrogen-bond acceptors (Lipinski definition) is 5.